The third-order valence-corrected chi connectivity index (χ3v) is 2.13. The van der Waals surface area contributed by atoms with Crippen molar-refractivity contribution in [2.45, 2.75) is 25.1 Å². The highest BCUT2D eigenvalue weighted by molar-refractivity contribution is 5.09. The van der Waals surface area contributed by atoms with Gasteiger partial charge in [-0.2, -0.15) is 5.10 Å². The van der Waals surface area contributed by atoms with E-state index in [0.29, 0.717) is 0 Å². The summed E-state index contributed by atoms with van der Waals surface area (Å²) in [7, 11) is 0. The highest BCUT2D eigenvalue weighted by Gasteiger charge is 2.24. The SMILES string of the molecule is N[C@@H]1CCn2nccc2[C@@H]1O. The second-order valence-electron chi connectivity index (χ2n) is 2.88. The molecular weight excluding hydrogens is 142 g/mol. The molecule has 2 heterocycles. The van der Waals surface area contributed by atoms with Gasteiger partial charge in [-0.05, 0) is 12.5 Å². The first-order valence-electron chi connectivity index (χ1n) is 3.74. The molecule has 3 N–H and O–H groups in total. The van der Waals surface area contributed by atoms with Crippen LogP contribution in [0, 0.1) is 0 Å². The Morgan fingerprint density at radius 1 is 1.73 bits per heavy atom. The van der Waals surface area contributed by atoms with E-state index < -0.39 is 6.10 Å². The maximum atomic E-state index is 9.53. The molecular formula is C7H11N3O. The van der Waals surface area contributed by atoms with Gasteiger partial charge in [-0.1, -0.05) is 0 Å². The zero-order valence-corrected chi connectivity index (χ0v) is 6.14. The predicted molar refractivity (Wildman–Crippen MR) is 39.8 cm³/mol. The first kappa shape index (κ1) is 6.82. The van der Waals surface area contributed by atoms with Gasteiger partial charge in [0, 0.05) is 18.8 Å². The fraction of sp³-hybridized carbons (Fsp3) is 0.571. The van der Waals surface area contributed by atoms with Crippen LogP contribution in [0.25, 0.3) is 0 Å². The fourth-order valence-corrected chi connectivity index (χ4v) is 1.43. The van der Waals surface area contributed by atoms with Crippen LogP contribution in [0.2, 0.25) is 0 Å². The maximum absolute atomic E-state index is 9.53. The van der Waals surface area contributed by atoms with Crippen LogP contribution in [0.1, 0.15) is 18.2 Å². The summed E-state index contributed by atoms with van der Waals surface area (Å²) >= 11 is 0. The Morgan fingerprint density at radius 2 is 2.55 bits per heavy atom. The Labute approximate surface area is 64.6 Å². The molecule has 0 saturated carbocycles. The van der Waals surface area contributed by atoms with Gasteiger partial charge in [-0.15, -0.1) is 0 Å². The third kappa shape index (κ3) is 0.948. The molecule has 1 aromatic rings. The van der Waals surface area contributed by atoms with Gasteiger partial charge in [0.25, 0.3) is 0 Å². The van der Waals surface area contributed by atoms with Crippen LogP contribution in [-0.4, -0.2) is 20.9 Å². The van der Waals surface area contributed by atoms with Gasteiger partial charge < -0.3 is 10.8 Å². The van der Waals surface area contributed by atoms with Crippen LogP contribution in [0.5, 0.6) is 0 Å². The average molecular weight is 153 g/mol. The van der Waals surface area contributed by atoms with E-state index in [4.69, 9.17) is 5.73 Å². The van der Waals surface area contributed by atoms with Crippen LogP contribution in [0.15, 0.2) is 12.3 Å². The van der Waals surface area contributed by atoms with E-state index in [1.165, 1.54) is 0 Å². The summed E-state index contributed by atoms with van der Waals surface area (Å²) in [5.74, 6) is 0. The van der Waals surface area contributed by atoms with E-state index in [-0.39, 0.29) is 6.04 Å². The highest BCUT2D eigenvalue weighted by Crippen LogP contribution is 2.22. The quantitative estimate of drug-likeness (QED) is 0.535. The zero-order valence-electron chi connectivity index (χ0n) is 6.14. The van der Waals surface area contributed by atoms with Gasteiger partial charge >= 0.3 is 0 Å². The van der Waals surface area contributed by atoms with Gasteiger partial charge in [0.2, 0.25) is 0 Å². The molecule has 1 aromatic heterocycles. The number of aromatic nitrogens is 2. The summed E-state index contributed by atoms with van der Waals surface area (Å²) in [5, 5.41) is 13.6. The Hall–Kier alpha value is -0.870. The molecule has 11 heavy (non-hydrogen) atoms. The van der Waals surface area contributed by atoms with Gasteiger partial charge in [-0.3, -0.25) is 4.68 Å². The Balaban J connectivity index is 2.38. The molecule has 0 aliphatic carbocycles. The van der Waals surface area contributed by atoms with Crippen molar-refractivity contribution in [1.29, 1.82) is 0 Å². The van der Waals surface area contributed by atoms with E-state index in [1.54, 1.807) is 10.9 Å². The number of nitrogens with zero attached hydrogens (tertiary/aromatic N) is 2. The summed E-state index contributed by atoms with van der Waals surface area (Å²) in [5.41, 5.74) is 6.50. The van der Waals surface area contributed by atoms with Crippen LogP contribution >= 0.6 is 0 Å². The molecule has 0 spiro atoms. The minimum atomic E-state index is -0.536. The van der Waals surface area contributed by atoms with Crippen LogP contribution in [0.4, 0.5) is 0 Å². The first-order chi connectivity index (χ1) is 5.29. The molecule has 0 fully saturated rings. The second kappa shape index (κ2) is 2.32. The number of aryl methyl sites for hydroxylation is 1. The first-order valence-corrected chi connectivity index (χ1v) is 3.74. The van der Waals surface area contributed by atoms with Crippen molar-refractivity contribution in [3.05, 3.63) is 18.0 Å². The lowest BCUT2D eigenvalue weighted by Crippen LogP contribution is -2.35. The molecule has 60 valence electrons. The van der Waals surface area contributed by atoms with Crippen molar-refractivity contribution in [2.75, 3.05) is 0 Å². The van der Waals surface area contributed by atoms with E-state index in [2.05, 4.69) is 5.10 Å². The normalized spacial score (nSPS) is 30.0. The Bertz CT molecular complexity index is 258. The number of rotatable bonds is 0. The average Bonchev–Trinajstić information content (AvgIpc) is 2.45. The summed E-state index contributed by atoms with van der Waals surface area (Å²) in [6, 6.07) is 1.68. The number of hydrogen-bond acceptors (Lipinski definition) is 3. The summed E-state index contributed by atoms with van der Waals surface area (Å²) in [6.45, 7) is 0.820. The second-order valence-corrected chi connectivity index (χ2v) is 2.88. The molecule has 2 atom stereocenters. The largest absolute Gasteiger partial charge is 0.385 e. The number of nitrogens with two attached hydrogens (primary N) is 1. The van der Waals surface area contributed by atoms with Crippen LogP contribution < -0.4 is 5.73 Å². The summed E-state index contributed by atoms with van der Waals surface area (Å²) in [6.07, 6.45) is 1.96. The van der Waals surface area contributed by atoms with Crippen molar-refractivity contribution in [2.24, 2.45) is 5.73 Å². The van der Waals surface area contributed by atoms with Crippen molar-refractivity contribution < 1.29 is 5.11 Å². The maximum Gasteiger partial charge on any atom is 0.111 e. The molecule has 4 nitrogen and oxygen atoms in total. The monoisotopic (exact) mass is 153 g/mol. The molecule has 1 aliphatic rings. The van der Waals surface area contributed by atoms with Gasteiger partial charge in [0.15, 0.2) is 0 Å². The third-order valence-electron chi connectivity index (χ3n) is 2.13. The molecule has 0 bridgehead atoms. The molecule has 0 unspecified atom stereocenters. The van der Waals surface area contributed by atoms with Gasteiger partial charge in [-0.25, -0.2) is 0 Å². The minimum absolute atomic E-state index is 0.126. The fourth-order valence-electron chi connectivity index (χ4n) is 1.43. The van der Waals surface area contributed by atoms with Crippen molar-refractivity contribution >= 4 is 0 Å². The van der Waals surface area contributed by atoms with Gasteiger partial charge in [0.05, 0.1) is 5.69 Å². The standard InChI is InChI=1S/C7H11N3O/c8-5-2-4-10-6(7(5)11)1-3-9-10/h1,3,5,7,11H,2,4,8H2/t5-,7-/m1/s1. The lowest BCUT2D eigenvalue weighted by atomic mass is 10.0. The predicted octanol–water partition coefficient (Wildman–Crippen LogP) is -0.353. The number of aliphatic hydroxyl groups excluding tert-OH is 1. The number of hydrogen-bond donors (Lipinski definition) is 2. The van der Waals surface area contributed by atoms with E-state index in [0.717, 1.165) is 18.7 Å². The van der Waals surface area contributed by atoms with Crippen LogP contribution in [0.3, 0.4) is 0 Å². The Kier molecular flexibility index (Phi) is 1.44. The summed E-state index contributed by atoms with van der Waals surface area (Å²) in [4.78, 5) is 0. The summed E-state index contributed by atoms with van der Waals surface area (Å²) < 4.78 is 1.80. The number of fused-ring (bicyclic) bond motifs is 1. The van der Waals surface area contributed by atoms with E-state index in [1.807, 2.05) is 6.07 Å². The Morgan fingerprint density at radius 3 is 3.36 bits per heavy atom. The lowest BCUT2D eigenvalue weighted by Gasteiger charge is -2.25. The molecule has 0 saturated heterocycles. The van der Waals surface area contributed by atoms with Crippen LogP contribution in [-0.2, 0) is 6.54 Å². The van der Waals surface area contributed by atoms with Crippen molar-refractivity contribution in [3.8, 4) is 0 Å². The van der Waals surface area contributed by atoms with E-state index in [9.17, 15) is 5.11 Å². The van der Waals surface area contributed by atoms with Crippen molar-refractivity contribution in [3.63, 3.8) is 0 Å². The molecule has 0 aromatic carbocycles. The zero-order chi connectivity index (χ0) is 7.84. The van der Waals surface area contributed by atoms with Crippen molar-refractivity contribution in [1.82, 2.24) is 9.78 Å². The highest BCUT2D eigenvalue weighted by atomic mass is 16.3. The topological polar surface area (TPSA) is 64.1 Å². The lowest BCUT2D eigenvalue weighted by molar-refractivity contribution is 0.112. The molecule has 0 radical (unpaired) electrons. The molecule has 4 heteroatoms. The molecule has 0 amide bonds. The minimum Gasteiger partial charge on any atom is -0.385 e. The molecule has 1 aliphatic heterocycles. The molecule has 2 rings (SSSR count). The van der Waals surface area contributed by atoms with E-state index >= 15 is 0 Å². The smallest absolute Gasteiger partial charge is 0.111 e. The number of aliphatic hydroxyl groups is 1. The van der Waals surface area contributed by atoms with Gasteiger partial charge in [0.1, 0.15) is 6.10 Å².